The molecule has 0 aliphatic rings. The van der Waals surface area contributed by atoms with Gasteiger partial charge in [-0.05, 0) is 0 Å². The summed E-state index contributed by atoms with van der Waals surface area (Å²) in [6.45, 7) is 0. The smallest absolute Gasteiger partial charge is 0.172 e. The van der Waals surface area contributed by atoms with E-state index in [-0.39, 0.29) is 0 Å². The molecule has 1 rings (SSSR count). The van der Waals surface area contributed by atoms with Crippen molar-refractivity contribution < 1.29 is 11.9 Å². The van der Waals surface area contributed by atoms with Crippen molar-refractivity contribution in [3.05, 3.63) is 30.3 Å². The molecule has 0 heterocycles. The molecule has 0 aromatic heterocycles. The average molecular weight is 303 g/mol. The van der Waals surface area contributed by atoms with Gasteiger partial charge in [-0.2, -0.15) is 18.2 Å². The minimum absolute atomic E-state index is 2.00. The molecule has 0 radical (unpaired) electrons. The van der Waals surface area contributed by atoms with Crippen molar-refractivity contribution in [1.82, 2.24) is 0 Å². The van der Waals surface area contributed by atoms with Crippen LogP contribution in [0.2, 0.25) is 0 Å². The van der Waals surface area contributed by atoms with Crippen molar-refractivity contribution >= 4 is 37.7 Å². The summed E-state index contributed by atoms with van der Waals surface area (Å²) in [4.78, 5) is 0. The Morgan fingerprint density at radius 3 is 1.30 bits per heavy atom. The first-order chi connectivity index (χ1) is 4.50. The van der Waals surface area contributed by atoms with Crippen LogP contribution in [0, 0.1) is 0 Å². The van der Waals surface area contributed by atoms with Crippen molar-refractivity contribution in [3.8, 4) is 0 Å². The molecule has 10 heavy (non-hydrogen) atoms. The molecule has 0 saturated heterocycles. The monoisotopic (exact) mass is 303 g/mol. The van der Waals surface area contributed by atoms with Crippen LogP contribution < -0.4 is 0 Å². The zero-order valence-electron chi connectivity index (χ0n) is 4.81. The van der Waals surface area contributed by atoms with Crippen LogP contribution in [0.3, 0.4) is 0 Å². The number of rotatable bonds is 0. The van der Waals surface area contributed by atoms with Gasteiger partial charge < -0.3 is 0 Å². The van der Waals surface area contributed by atoms with Crippen molar-refractivity contribution in [3.63, 3.8) is 0 Å². The van der Waals surface area contributed by atoms with E-state index < -0.39 is 11.9 Å². The zero-order chi connectivity index (χ0) is 8.04. The van der Waals surface area contributed by atoms with Gasteiger partial charge in [0.15, 0.2) is 0 Å². The summed E-state index contributed by atoms with van der Waals surface area (Å²) in [5, 5.41) is 0. The average Bonchev–Trinajstić information content (AvgIpc) is 2.07. The second-order valence-corrected chi connectivity index (χ2v) is 19.6. The first-order valence-corrected chi connectivity index (χ1v) is 12.6. The SMILES string of the molecule is [Cl][Mo]([Cl])([Cl])[Cl].c1cc[cH-]c1. The van der Waals surface area contributed by atoms with E-state index in [0.717, 1.165) is 0 Å². The van der Waals surface area contributed by atoms with Crippen molar-refractivity contribution in [2.75, 3.05) is 0 Å². The maximum absolute atomic E-state index is 5.02. The second kappa shape index (κ2) is 5.80. The number of hydrogen-bond acceptors (Lipinski definition) is 0. The molecular formula is C5H5Cl4Mo-. The van der Waals surface area contributed by atoms with Crippen molar-refractivity contribution in [1.29, 1.82) is 0 Å². The van der Waals surface area contributed by atoms with Gasteiger partial charge in [-0.3, -0.25) is 0 Å². The van der Waals surface area contributed by atoms with E-state index in [4.69, 9.17) is 37.7 Å². The van der Waals surface area contributed by atoms with Gasteiger partial charge in [-0.1, -0.05) is 0 Å². The van der Waals surface area contributed by atoms with Crippen molar-refractivity contribution in [2.24, 2.45) is 0 Å². The number of hydrogen-bond donors (Lipinski definition) is 0. The fourth-order valence-electron chi connectivity index (χ4n) is 0.321. The molecule has 0 spiro atoms. The molecule has 0 atom stereocenters. The first kappa shape index (κ1) is 11.2. The van der Waals surface area contributed by atoms with Gasteiger partial charge in [-0.25, -0.2) is 12.1 Å². The maximum Gasteiger partial charge on any atom is -0.172 e. The van der Waals surface area contributed by atoms with Crippen LogP contribution in [0.25, 0.3) is 0 Å². The van der Waals surface area contributed by atoms with Crippen molar-refractivity contribution in [2.45, 2.75) is 0 Å². The Balaban J connectivity index is 0.000000162. The third-order valence-electron chi connectivity index (χ3n) is 0.556. The summed E-state index contributed by atoms with van der Waals surface area (Å²) in [5.74, 6) is 0. The molecule has 0 aliphatic heterocycles. The van der Waals surface area contributed by atoms with Crippen LogP contribution in [0.5, 0.6) is 0 Å². The molecular weight excluding hydrogens is 298 g/mol. The minimum Gasteiger partial charge on any atom is -0.214 e. The molecule has 0 bridgehead atoms. The van der Waals surface area contributed by atoms with E-state index in [1.165, 1.54) is 0 Å². The van der Waals surface area contributed by atoms with Gasteiger partial charge in [0.2, 0.25) is 0 Å². The van der Waals surface area contributed by atoms with E-state index in [9.17, 15) is 0 Å². The third kappa shape index (κ3) is 16.1. The largest absolute Gasteiger partial charge is 0.214 e. The quantitative estimate of drug-likeness (QED) is 0.499. The van der Waals surface area contributed by atoms with Gasteiger partial charge >= 0.3 is 49.6 Å². The van der Waals surface area contributed by atoms with E-state index in [1.54, 1.807) is 0 Å². The Bertz CT molecular complexity index is 120. The molecule has 0 saturated carbocycles. The maximum atomic E-state index is 5.02. The minimum atomic E-state index is -3.13. The van der Waals surface area contributed by atoms with Gasteiger partial charge in [0.1, 0.15) is 0 Å². The van der Waals surface area contributed by atoms with Gasteiger partial charge in [0, 0.05) is 0 Å². The van der Waals surface area contributed by atoms with E-state index in [2.05, 4.69) is 0 Å². The van der Waals surface area contributed by atoms with Crippen LogP contribution >= 0.6 is 37.7 Å². The molecule has 0 nitrogen and oxygen atoms in total. The Morgan fingerprint density at radius 1 is 0.900 bits per heavy atom. The zero-order valence-corrected chi connectivity index (χ0v) is 9.84. The summed E-state index contributed by atoms with van der Waals surface area (Å²) < 4.78 is 0. The molecule has 5 heteroatoms. The third-order valence-corrected chi connectivity index (χ3v) is 0.556. The standard InChI is InChI=1S/C5H5.4ClH.Mo/c1-2-4-5-3-1;;;;;/h1-5H;4*1H;/q-1;;;;;+4/p-4. The summed E-state index contributed by atoms with van der Waals surface area (Å²) in [7, 11) is 20.1. The van der Waals surface area contributed by atoms with Gasteiger partial charge in [0.25, 0.3) is 0 Å². The van der Waals surface area contributed by atoms with Crippen LogP contribution in [-0.4, -0.2) is 0 Å². The van der Waals surface area contributed by atoms with Gasteiger partial charge in [-0.15, -0.1) is 0 Å². The van der Waals surface area contributed by atoms with Crippen LogP contribution in [-0.2, 0) is 11.9 Å². The van der Waals surface area contributed by atoms with Crippen LogP contribution in [0.15, 0.2) is 30.3 Å². The normalized spacial score (nSPS) is 11.6. The predicted molar refractivity (Wildman–Crippen MR) is 45.4 cm³/mol. The topological polar surface area (TPSA) is 0 Å². The molecule has 1 aromatic carbocycles. The second-order valence-electron chi connectivity index (χ2n) is 1.31. The molecule has 60 valence electrons. The molecule has 0 N–H and O–H groups in total. The van der Waals surface area contributed by atoms with E-state index >= 15 is 0 Å². The molecule has 0 fully saturated rings. The Kier molecular flexibility index (Phi) is 6.49. The summed E-state index contributed by atoms with van der Waals surface area (Å²) in [6, 6.07) is 10.0. The number of halogens is 4. The summed E-state index contributed by atoms with van der Waals surface area (Å²) in [5.41, 5.74) is 0. The fraction of sp³-hybridized carbons (Fsp3) is 0. The van der Waals surface area contributed by atoms with E-state index in [1.807, 2.05) is 30.3 Å². The molecule has 0 aliphatic carbocycles. The Morgan fingerprint density at radius 2 is 1.20 bits per heavy atom. The fourth-order valence-corrected chi connectivity index (χ4v) is 0.321. The summed E-state index contributed by atoms with van der Waals surface area (Å²) in [6.07, 6.45) is 0. The Hall–Kier alpha value is 1.20. The molecule has 0 amide bonds. The molecule has 0 unspecified atom stereocenters. The van der Waals surface area contributed by atoms with Gasteiger partial charge in [0.05, 0.1) is 0 Å². The van der Waals surface area contributed by atoms with Crippen LogP contribution in [0.1, 0.15) is 0 Å². The van der Waals surface area contributed by atoms with E-state index in [0.29, 0.717) is 0 Å². The first-order valence-electron chi connectivity index (χ1n) is 2.28. The van der Waals surface area contributed by atoms with Crippen LogP contribution in [0.4, 0.5) is 0 Å². The predicted octanol–water partition coefficient (Wildman–Crippen LogP) is 4.16. The molecule has 1 aromatic rings. The Labute approximate surface area is 79.3 Å². The summed E-state index contributed by atoms with van der Waals surface area (Å²) >= 11 is -3.13.